The standard InChI is InChI=1S/C6H11F3N2O4S/c1-15-5(12)3-16(13,14)11-2-4(10)6(7,8)9/h4,11H,2-3,10H2,1H3. The van der Waals surface area contributed by atoms with Gasteiger partial charge in [-0.05, 0) is 0 Å². The number of nitrogens with one attached hydrogen (secondary N) is 1. The number of methoxy groups -OCH3 is 1. The molecule has 16 heavy (non-hydrogen) atoms. The van der Waals surface area contributed by atoms with Crippen molar-refractivity contribution >= 4 is 16.0 Å². The minimum atomic E-state index is -4.70. The molecule has 0 aliphatic heterocycles. The van der Waals surface area contributed by atoms with Crippen LogP contribution in [0.15, 0.2) is 0 Å². The molecule has 3 N–H and O–H groups in total. The lowest BCUT2D eigenvalue weighted by atomic mass is 10.3. The predicted octanol–water partition coefficient (Wildman–Crippen LogP) is -1.03. The fourth-order valence-corrected chi connectivity index (χ4v) is 1.56. The minimum absolute atomic E-state index is 0.958. The van der Waals surface area contributed by atoms with Crippen molar-refractivity contribution in [3.63, 3.8) is 0 Å². The Labute approximate surface area is 90.0 Å². The third-order valence-electron chi connectivity index (χ3n) is 1.48. The van der Waals surface area contributed by atoms with E-state index in [0.29, 0.717) is 0 Å². The zero-order valence-corrected chi connectivity index (χ0v) is 9.06. The third-order valence-corrected chi connectivity index (χ3v) is 2.70. The fraction of sp³-hybridized carbons (Fsp3) is 0.833. The van der Waals surface area contributed by atoms with Gasteiger partial charge in [0.2, 0.25) is 10.0 Å². The molecule has 0 aliphatic carbocycles. The Kier molecular flexibility index (Phi) is 5.16. The van der Waals surface area contributed by atoms with Crippen LogP contribution in [0.2, 0.25) is 0 Å². The number of halogens is 3. The summed E-state index contributed by atoms with van der Waals surface area (Å²) in [6.45, 7) is -1.02. The van der Waals surface area contributed by atoms with Crippen molar-refractivity contribution in [1.82, 2.24) is 4.72 Å². The second-order valence-corrected chi connectivity index (χ2v) is 4.64. The number of nitrogens with two attached hydrogens (primary N) is 1. The summed E-state index contributed by atoms with van der Waals surface area (Å²) in [6.07, 6.45) is -4.70. The number of rotatable bonds is 5. The first-order chi connectivity index (χ1) is 7.08. The number of carbonyl (C=O) groups is 1. The number of sulfonamides is 1. The molecule has 0 amide bonds. The second kappa shape index (κ2) is 5.46. The summed E-state index contributed by atoms with van der Waals surface area (Å²) >= 11 is 0. The van der Waals surface area contributed by atoms with Gasteiger partial charge in [0.05, 0.1) is 7.11 Å². The minimum Gasteiger partial charge on any atom is -0.468 e. The first-order valence-corrected chi connectivity index (χ1v) is 5.60. The predicted molar refractivity (Wildman–Crippen MR) is 47.8 cm³/mol. The summed E-state index contributed by atoms with van der Waals surface area (Å²) in [5.74, 6) is -2.12. The molecule has 0 saturated carbocycles. The second-order valence-electron chi connectivity index (χ2n) is 2.83. The number of alkyl halides is 3. The van der Waals surface area contributed by atoms with Gasteiger partial charge in [0.1, 0.15) is 6.04 Å². The molecule has 0 aromatic heterocycles. The molecular formula is C6H11F3N2O4S. The van der Waals surface area contributed by atoms with Gasteiger partial charge in [-0.15, -0.1) is 0 Å². The molecule has 0 saturated heterocycles. The Hall–Kier alpha value is -0.870. The van der Waals surface area contributed by atoms with Crippen LogP contribution in [0.25, 0.3) is 0 Å². The smallest absolute Gasteiger partial charge is 0.404 e. The van der Waals surface area contributed by atoms with E-state index in [0.717, 1.165) is 7.11 Å². The molecule has 0 bridgehead atoms. The van der Waals surface area contributed by atoms with Crippen molar-refractivity contribution in [3.05, 3.63) is 0 Å². The van der Waals surface area contributed by atoms with E-state index in [1.54, 1.807) is 4.72 Å². The molecule has 0 fully saturated rings. The molecular weight excluding hydrogens is 253 g/mol. The van der Waals surface area contributed by atoms with Gasteiger partial charge in [0.25, 0.3) is 0 Å². The summed E-state index contributed by atoms with van der Waals surface area (Å²) in [5.41, 5.74) is 4.65. The van der Waals surface area contributed by atoms with E-state index >= 15 is 0 Å². The van der Waals surface area contributed by atoms with Gasteiger partial charge in [-0.25, -0.2) is 13.1 Å². The maximum absolute atomic E-state index is 11.9. The summed E-state index contributed by atoms with van der Waals surface area (Å²) in [6, 6.07) is -2.32. The largest absolute Gasteiger partial charge is 0.468 e. The van der Waals surface area contributed by atoms with E-state index in [1.165, 1.54) is 0 Å². The van der Waals surface area contributed by atoms with Crippen molar-refractivity contribution in [2.75, 3.05) is 19.4 Å². The Bertz CT molecular complexity index is 340. The SMILES string of the molecule is COC(=O)CS(=O)(=O)NCC(N)C(F)(F)F. The number of carbonyl (C=O) groups excluding carboxylic acids is 1. The Balaban J connectivity index is 4.25. The van der Waals surface area contributed by atoms with Crippen molar-refractivity contribution in [3.8, 4) is 0 Å². The first-order valence-electron chi connectivity index (χ1n) is 3.95. The van der Waals surface area contributed by atoms with Crippen LogP contribution in [-0.4, -0.2) is 46.0 Å². The van der Waals surface area contributed by atoms with Gasteiger partial charge in [-0.2, -0.15) is 13.2 Å². The van der Waals surface area contributed by atoms with E-state index < -0.39 is 40.5 Å². The lowest BCUT2D eigenvalue weighted by Gasteiger charge is -2.15. The van der Waals surface area contributed by atoms with Crippen LogP contribution in [0.5, 0.6) is 0 Å². The van der Waals surface area contributed by atoms with E-state index in [4.69, 9.17) is 0 Å². The Morgan fingerprint density at radius 1 is 1.50 bits per heavy atom. The molecule has 0 rings (SSSR count). The maximum atomic E-state index is 11.9. The molecule has 0 aromatic rings. The summed E-state index contributed by atoms with van der Waals surface area (Å²) in [4.78, 5) is 10.6. The van der Waals surface area contributed by atoms with Crippen molar-refractivity contribution in [1.29, 1.82) is 0 Å². The molecule has 0 spiro atoms. The maximum Gasteiger partial charge on any atom is 0.404 e. The summed E-state index contributed by atoms with van der Waals surface area (Å²) in [5, 5.41) is 0. The molecule has 0 aliphatic rings. The van der Waals surface area contributed by atoms with Gasteiger partial charge in [0, 0.05) is 6.54 Å². The van der Waals surface area contributed by atoms with Crippen LogP contribution in [0.3, 0.4) is 0 Å². The molecule has 10 heteroatoms. The zero-order valence-electron chi connectivity index (χ0n) is 8.24. The number of hydrogen-bond donors (Lipinski definition) is 2. The third kappa shape index (κ3) is 5.88. The zero-order chi connectivity index (χ0) is 13.0. The first kappa shape index (κ1) is 15.1. The summed E-state index contributed by atoms with van der Waals surface area (Å²) < 4.78 is 63.3. The van der Waals surface area contributed by atoms with E-state index in [2.05, 4.69) is 10.5 Å². The van der Waals surface area contributed by atoms with Crippen LogP contribution >= 0.6 is 0 Å². The highest BCUT2D eigenvalue weighted by Crippen LogP contribution is 2.17. The van der Waals surface area contributed by atoms with Crippen LogP contribution in [-0.2, 0) is 19.6 Å². The van der Waals surface area contributed by atoms with E-state index in [-0.39, 0.29) is 0 Å². The van der Waals surface area contributed by atoms with Crippen LogP contribution in [0, 0.1) is 0 Å². The van der Waals surface area contributed by atoms with Crippen molar-refractivity contribution in [2.24, 2.45) is 5.73 Å². The molecule has 1 atom stereocenters. The molecule has 96 valence electrons. The number of esters is 1. The molecule has 1 unspecified atom stereocenters. The average Bonchev–Trinajstić information content (AvgIpc) is 2.11. The fourth-order valence-electron chi connectivity index (χ4n) is 0.598. The van der Waals surface area contributed by atoms with Crippen LogP contribution in [0.4, 0.5) is 13.2 Å². The monoisotopic (exact) mass is 264 g/mol. The number of ether oxygens (including phenoxy) is 1. The summed E-state index contributed by atoms with van der Waals surface area (Å²) in [7, 11) is -3.20. The molecule has 0 heterocycles. The van der Waals surface area contributed by atoms with Gasteiger partial charge in [-0.1, -0.05) is 0 Å². The highest BCUT2D eigenvalue weighted by atomic mass is 32.2. The Morgan fingerprint density at radius 2 is 2.00 bits per heavy atom. The highest BCUT2D eigenvalue weighted by molar-refractivity contribution is 7.90. The number of hydrogen-bond acceptors (Lipinski definition) is 5. The quantitative estimate of drug-likeness (QED) is 0.618. The Morgan fingerprint density at radius 3 is 2.38 bits per heavy atom. The molecule has 0 radical (unpaired) electrons. The molecule has 6 nitrogen and oxygen atoms in total. The van der Waals surface area contributed by atoms with Crippen molar-refractivity contribution < 1.29 is 31.1 Å². The molecule has 0 aromatic carbocycles. The van der Waals surface area contributed by atoms with E-state index in [9.17, 15) is 26.4 Å². The van der Waals surface area contributed by atoms with Gasteiger partial charge in [0.15, 0.2) is 5.75 Å². The van der Waals surface area contributed by atoms with Gasteiger partial charge < -0.3 is 10.5 Å². The lowest BCUT2D eigenvalue weighted by molar-refractivity contribution is -0.145. The van der Waals surface area contributed by atoms with Gasteiger partial charge in [-0.3, -0.25) is 4.79 Å². The lowest BCUT2D eigenvalue weighted by Crippen LogP contribution is -2.47. The van der Waals surface area contributed by atoms with Crippen molar-refractivity contribution in [2.45, 2.75) is 12.2 Å². The van der Waals surface area contributed by atoms with E-state index in [1.807, 2.05) is 0 Å². The highest BCUT2D eigenvalue weighted by Gasteiger charge is 2.37. The normalized spacial score (nSPS) is 14.6. The topological polar surface area (TPSA) is 98.5 Å². The van der Waals surface area contributed by atoms with Gasteiger partial charge >= 0.3 is 12.1 Å². The average molecular weight is 264 g/mol. The van der Waals surface area contributed by atoms with Crippen LogP contribution < -0.4 is 10.5 Å². The van der Waals surface area contributed by atoms with Crippen LogP contribution in [0.1, 0.15) is 0 Å².